The van der Waals surface area contributed by atoms with E-state index in [1.54, 1.807) is 70.6 Å². The molecule has 0 spiro atoms. The van der Waals surface area contributed by atoms with Gasteiger partial charge in [0, 0.05) is 0 Å². The highest BCUT2D eigenvalue weighted by atomic mass is 14.6. The van der Waals surface area contributed by atoms with E-state index < -0.39 is 0 Å². The fourth-order valence-corrected chi connectivity index (χ4v) is 9.07. The zero-order chi connectivity index (χ0) is 18.5. The van der Waals surface area contributed by atoms with Crippen molar-refractivity contribution in [2.45, 2.75) is 119 Å². The summed E-state index contributed by atoms with van der Waals surface area (Å²) in [6.45, 7) is 11.9. The fraction of sp³-hybridized carbons (Fsp3) is 1.00. The Balaban J connectivity index is 0.000000680. The third-order valence-electron chi connectivity index (χ3n) is 10.7. The van der Waals surface area contributed by atoms with Crippen LogP contribution in [0.1, 0.15) is 119 Å². The number of fused-ring (bicyclic) bond motifs is 5. The van der Waals surface area contributed by atoms with Gasteiger partial charge in [0.1, 0.15) is 0 Å². The summed E-state index contributed by atoms with van der Waals surface area (Å²) in [5, 5.41) is 0. The lowest BCUT2D eigenvalue weighted by atomic mass is 9.44. The van der Waals surface area contributed by atoms with Crippen LogP contribution in [0.4, 0.5) is 0 Å². The number of hydrogen-bond donors (Lipinski definition) is 0. The normalized spacial score (nSPS) is 51.0. The second kappa shape index (κ2) is 8.02. The molecule has 0 aromatic heterocycles. The molecule has 0 aliphatic heterocycles. The van der Waals surface area contributed by atoms with Crippen molar-refractivity contribution < 1.29 is 0 Å². The maximum Gasteiger partial charge on any atom is -0.0266 e. The zero-order valence-electron chi connectivity index (χ0n) is 18.5. The lowest BCUT2D eigenvalue weighted by molar-refractivity contribution is -0.119. The van der Waals surface area contributed by atoms with Crippen LogP contribution in [-0.4, -0.2) is 0 Å². The van der Waals surface area contributed by atoms with Crippen molar-refractivity contribution in [1.29, 1.82) is 0 Å². The Morgan fingerprint density at radius 1 is 0.704 bits per heavy atom. The van der Waals surface area contributed by atoms with Crippen LogP contribution < -0.4 is 0 Å². The van der Waals surface area contributed by atoms with Crippen molar-refractivity contribution in [1.82, 2.24) is 0 Å². The summed E-state index contributed by atoms with van der Waals surface area (Å²) in [7, 11) is 0. The molecule has 5 saturated carbocycles. The first-order valence-corrected chi connectivity index (χ1v) is 12.6. The summed E-state index contributed by atoms with van der Waals surface area (Å²) in [4.78, 5) is 0. The minimum atomic E-state index is 0. The molecule has 5 aliphatic rings. The van der Waals surface area contributed by atoms with Gasteiger partial charge >= 0.3 is 0 Å². The van der Waals surface area contributed by atoms with Gasteiger partial charge in [0.15, 0.2) is 0 Å². The average Bonchev–Trinajstić information content (AvgIpc) is 3.44. The van der Waals surface area contributed by atoms with Gasteiger partial charge in [-0.2, -0.15) is 0 Å². The summed E-state index contributed by atoms with van der Waals surface area (Å²) in [6, 6.07) is 0. The van der Waals surface area contributed by atoms with E-state index in [2.05, 4.69) is 20.8 Å². The molecule has 0 amide bonds. The van der Waals surface area contributed by atoms with Crippen LogP contribution in [0, 0.1) is 52.3 Å². The minimum Gasteiger partial charge on any atom is -0.0776 e. The SMILES string of the molecule is C.CC.CCC1CCC2C3CCC4CC(C5CC5)CCC4(C)C3CCC12C. The molecule has 5 aliphatic carbocycles. The van der Waals surface area contributed by atoms with Gasteiger partial charge < -0.3 is 0 Å². The van der Waals surface area contributed by atoms with Crippen LogP contribution in [-0.2, 0) is 0 Å². The quantitative estimate of drug-likeness (QED) is 0.453. The molecule has 0 nitrogen and oxygen atoms in total. The third kappa shape index (κ3) is 3.34. The summed E-state index contributed by atoms with van der Waals surface area (Å²) in [5.41, 5.74) is 1.43. The first-order valence-electron chi connectivity index (χ1n) is 12.6. The third-order valence-corrected chi connectivity index (χ3v) is 10.7. The molecule has 5 rings (SSSR count). The van der Waals surface area contributed by atoms with Gasteiger partial charge in [0.2, 0.25) is 0 Å². The second-order valence-electron chi connectivity index (χ2n) is 11.3. The van der Waals surface area contributed by atoms with E-state index in [0.717, 1.165) is 46.8 Å². The van der Waals surface area contributed by atoms with Crippen molar-refractivity contribution in [3.8, 4) is 0 Å². The topological polar surface area (TPSA) is 0 Å². The molecule has 0 heteroatoms. The summed E-state index contributed by atoms with van der Waals surface area (Å²) < 4.78 is 0. The molecule has 0 aromatic rings. The Hall–Kier alpha value is 0. The van der Waals surface area contributed by atoms with E-state index in [1.165, 1.54) is 6.42 Å². The van der Waals surface area contributed by atoms with Crippen molar-refractivity contribution in [2.75, 3.05) is 0 Å². The van der Waals surface area contributed by atoms with E-state index in [-0.39, 0.29) is 7.43 Å². The molecule has 0 N–H and O–H groups in total. The molecule has 0 heterocycles. The number of rotatable bonds is 2. The molecule has 0 saturated heterocycles. The highest BCUT2D eigenvalue weighted by molar-refractivity contribution is 5.09. The maximum absolute atomic E-state index is 2.76. The lowest BCUT2D eigenvalue weighted by Crippen LogP contribution is -2.53. The van der Waals surface area contributed by atoms with Crippen molar-refractivity contribution in [2.24, 2.45) is 52.3 Å². The van der Waals surface area contributed by atoms with Crippen molar-refractivity contribution >= 4 is 0 Å². The maximum atomic E-state index is 2.76. The Bertz CT molecular complexity index is 490. The predicted molar refractivity (Wildman–Crippen MR) is 120 cm³/mol. The first-order chi connectivity index (χ1) is 12.6. The summed E-state index contributed by atoms with van der Waals surface area (Å²) >= 11 is 0. The van der Waals surface area contributed by atoms with E-state index >= 15 is 0 Å². The van der Waals surface area contributed by atoms with Gasteiger partial charge in [-0.3, -0.25) is 0 Å². The molecule has 8 unspecified atom stereocenters. The smallest absolute Gasteiger partial charge is 0.0266 e. The van der Waals surface area contributed by atoms with Crippen molar-refractivity contribution in [3.05, 3.63) is 0 Å². The lowest BCUT2D eigenvalue weighted by Gasteiger charge is -2.61. The van der Waals surface area contributed by atoms with E-state index in [4.69, 9.17) is 0 Å². The Morgan fingerprint density at radius 2 is 1.37 bits per heavy atom. The standard InChI is InChI=1S/C24H40.C2H6.CH4/c1-4-18-8-10-21-20-9-7-19-15-17(16-5-6-16)11-13-24(19,3)22(20)12-14-23(18,21)2;1-2;/h16-22H,4-15H2,1-3H3;1-2H3;1H4. The molecule has 8 atom stereocenters. The van der Waals surface area contributed by atoms with Crippen LogP contribution in [0.3, 0.4) is 0 Å². The van der Waals surface area contributed by atoms with Gasteiger partial charge in [0.25, 0.3) is 0 Å². The monoisotopic (exact) mass is 374 g/mol. The minimum absolute atomic E-state index is 0. The molecular formula is C27H50. The highest BCUT2D eigenvalue weighted by Gasteiger charge is 2.60. The van der Waals surface area contributed by atoms with Gasteiger partial charge in [-0.05, 0) is 123 Å². The fourth-order valence-electron chi connectivity index (χ4n) is 9.07. The molecule has 0 bridgehead atoms. The summed E-state index contributed by atoms with van der Waals surface area (Å²) in [5.74, 6) is 7.68. The molecular weight excluding hydrogens is 324 g/mol. The molecule has 27 heavy (non-hydrogen) atoms. The van der Waals surface area contributed by atoms with Crippen LogP contribution in [0.15, 0.2) is 0 Å². The van der Waals surface area contributed by atoms with Gasteiger partial charge in [-0.15, -0.1) is 0 Å². The molecule has 158 valence electrons. The van der Waals surface area contributed by atoms with Gasteiger partial charge in [-0.1, -0.05) is 48.5 Å². The van der Waals surface area contributed by atoms with Gasteiger partial charge in [0.05, 0.1) is 0 Å². The Morgan fingerprint density at radius 3 is 2.04 bits per heavy atom. The van der Waals surface area contributed by atoms with Crippen LogP contribution in [0.5, 0.6) is 0 Å². The predicted octanol–water partition coefficient (Wildman–Crippen LogP) is 8.74. The molecule has 0 radical (unpaired) electrons. The average molecular weight is 375 g/mol. The first kappa shape index (κ1) is 21.7. The van der Waals surface area contributed by atoms with E-state index in [0.29, 0.717) is 5.41 Å². The molecule has 5 fully saturated rings. The van der Waals surface area contributed by atoms with Gasteiger partial charge in [-0.25, -0.2) is 0 Å². The molecule has 0 aromatic carbocycles. The summed E-state index contributed by atoms with van der Waals surface area (Å²) in [6.07, 6.45) is 18.8. The van der Waals surface area contributed by atoms with Crippen LogP contribution in [0.2, 0.25) is 0 Å². The Labute approximate surface area is 171 Å². The Kier molecular flexibility index (Phi) is 6.45. The van der Waals surface area contributed by atoms with Crippen molar-refractivity contribution in [3.63, 3.8) is 0 Å². The second-order valence-corrected chi connectivity index (χ2v) is 11.3. The van der Waals surface area contributed by atoms with Crippen LogP contribution in [0.25, 0.3) is 0 Å². The highest BCUT2D eigenvalue weighted by Crippen LogP contribution is 2.68. The van der Waals surface area contributed by atoms with E-state index in [1.807, 2.05) is 13.8 Å². The largest absolute Gasteiger partial charge is 0.0776 e. The van der Waals surface area contributed by atoms with Crippen LogP contribution >= 0.6 is 0 Å². The zero-order valence-corrected chi connectivity index (χ0v) is 18.5. The number of hydrogen-bond acceptors (Lipinski definition) is 0. The van der Waals surface area contributed by atoms with E-state index in [9.17, 15) is 0 Å².